The normalized spacial score (nSPS) is 11.2. The van der Waals surface area contributed by atoms with E-state index in [1.165, 1.54) is 24.3 Å². The Morgan fingerprint density at radius 1 is 1.24 bits per heavy atom. The van der Waals surface area contributed by atoms with Crippen LogP contribution in [-0.4, -0.2) is 16.1 Å². The van der Waals surface area contributed by atoms with Gasteiger partial charge in [0.25, 0.3) is 0 Å². The number of carboxylic acid groups (broad SMARTS) is 1. The van der Waals surface area contributed by atoms with Gasteiger partial charge in [0.05, 0.1) is 5.56 Å². The Labute approximate surface area is 118 Å². The van der Waals surface area contributed by atoms with Crippen molar-refractivity contribution in [1.29, 1.82) is 0 Å². The first-order valence-electron chi connectivity index (χ1n) is 5.92. The number of nitrogens with one attached hydrogen (secondary N) is 1. The van der Waals surface area contributed by atoms with E-state index >= 15 is 0 Å². The van der Waals surface area contributed by atoms with Crippen LogP contribution >= 0.6 is 0 Å². The van der Waals surface area contributed by atoms with Crippen LogP contribution in [0, 0.1) is 6.92 Å². The molecule has 0 amide bonds. The maximum Gasteiger partial charge on any atom is 0.416 e. The molecule has 110 valence electrons. The summed E-state index contributed by atoms with van der Waals surface area (Å²) in [6, 6.07) is 7.53. The van der Waals surface area contributed by atoms with E-state index in [-0.39, 0.29) is 17.2 Å². The van der Waals surface area contributed by atoms with E-state index in [1.807, 2.05) is 0 Å². The lowest BCUT2D eigenvalue weighted by molar-refractivity contribution is -0.137. The zero-order valence-electron chi connectivity index (χ0n) is 10.9. The molecule has 0 atom stereocenters. The van der Waals surface area contributed by atoms with Crippen molar-refractivity contribution in [2.75, 3.05) is 5.32 Å². The molecule has 1 aromatic carbocycles. The first-order valence-corrected chi connectivity index (χ1v) is 5.92. The van der Waals surface area contributed by atoms with Crippen molar-refractivity contribution in [3.63, 3.8) is 0 Å². The van der Waals surface area contributed by atoms with Gasteiger partial charge in [-0.2, -0.15) is 13.2 Å². The molecule has 0 aliphatic rings. The molecule has 0 saturated heterocycles. The average Bonchev–Trinajstić information content (AvgIpc) is 2.40. The van der Waals surface area contributed by atoms with Gasteiger partial charge in [-0.05, 0) is 36.8 Å². The van der Waals surface area contributed by atoms with Crippen molar-refractivity contribution < 1.29 is 23.1 Å². The largest absolute Gasteiger partial charge is 0.477 e. The number of aryl methyl sites for hydroxylation is 1. The summed E-state index contributed by atoms with van der Waals surface area (Å²) in [5.41, 5.74) is -0.167. The fourth-order valence-corrected chi connectivity index (χ4v) is 1.69. The van der Waals surface area contributed by atoms with Crippen molar-refractivity contribution in [2.45, 2.75) is 13.1 Å². The standard InChI is InChI=1S/C14H11F3N2O2/c1-8-5-6-9(14(15,16)17)7-11(8)19-12-4-2-3-10(18-12)13(20)21/h2-7H,1H3,(H,18,19)(H,20,21). The van der Waals surface area contributed by atoms with Crippen molar-refractivity contribution in [3.05, 3.63) is 53.2 Å². The molecular formula is C14H11F3N2O2. The van der Waals surface area contributed by atoms with Gasteiger partial charge in [-0.25, -0.2) is 9.78 Å². The number of hydrogen-bond acceptors (Lipinski definition) is 3. The molecule has 0 spiro atoms. The molecule has 1 aromatic heterocycles. The minimum Gasteiger partial charge on any atom is -0.477 e. The highest BCUT2D eigenvalue weighted by atomic mass is 19.4. The Bertz CT molecular complexity index is 684. The Hall–Kier alpha value is -2.57. The third kappa shape index (κ3) is 3.50. The summed E-state index contributed by atoms with van der Waals surface area (Å²) in [7, 11) is 0. The molecule has 4 nitrogen and oxygen atoms in total. The van der Waals surface area contributed by atoms with Crippen LogP contribution in [0.5, 0.6) is 0 Å². The van der Waals surface area contributed by atoms with Gasteiger partial charge < -0.3 is 10.4 Å². The minimum absolute atomic E-state index is 0.164. The number of halogens is 3. The highest BCUT2D eigenvalue weighted by molar-refractivity contribution is 5.85. The maximum absolute atomic E-state index is 12.7. The van der Waals surface area contributed by atoms with Gasteiger partial charge in [-0.3, -0.25) is 0 Å². The lowest BCUT2D eigenvalue weighted by Gasteiger charge is -2.13. The third-order valence-corrected chi connectivity index (χ3v) is 2.80. The number of pyridine rings is 1. The molecule has 1 heterocycles. The summed E-state index contributed by atoms with van der Waals surface area (Å²) in [4.78, 5) is 14.6. The molecular weight excluding hydrogens is 285 g/mol. The van der Waals surface area contributed by atoms with Gasteiger partial charge >= 0.3 is 12.1 Å². The number of aromatic nitrogens is 1. The highest BCUT2D eigenvalue weighted by Crippen LogP contribution is 2.32. The number of hydrogen-bond donors (Lipinski definition) is 2. The van der Waals surface area contributed by atoms with Gasteiger partial charge in [0.1, 0.15) is 5.82 Å². The SMILES string of the molecule is Cc1ccc(C(F)(F)F)cc1Nc1cccc(C(=O)O)n1. The number of benzene rings is 1. The third-order valence-electron chi connectivity index (χ3n) is 2.80. The predicted molar refractivity (Wildman–Crippen MR) is 70.7 cm³/mol. The molecule has 2 N–H and O–H groups in total. The smallest absolute Gasteiger partial charge is 0.416 e. The highest BCUT2D eigenvalue weighted by Gasteiger charge is 2.30. The molecule has 0 radical (unpaired) electrons. The van der Waals surface area contributed by atoms with Crippen molar-refractivity contribution in [2.24, 2.45) is 0 Å². The van der Waals surface area contributed by atoms with Crippen molar-refractivity contribution in [1.82, 2.24) is 4.98 Å². The number of nitrogens with zero attached hydrogens (tertiary/aromatic N) is 1. The van der Waals surface area contributed by atoms with E-state index in [4.69, 9.17) is 5.11 Å². The van der Waals surface area contributed by atoms with Crippen LogP contribution in [-0.2, 0) is 6.18 Å². The Balaban J connectivity index is 2.35. The second-order valence-corrected chi connectivity index (χ2v) is 4.37. The molecule has 2 aromatic rings. The monoisotopic (exact) mass is 296 g/mol. The maximum atomic E-state index is 12.7. The summed E-state index contributed by atoms with van der Waals surface area (Å²) in [5, 5.41) is 11.5. The summed E-state index contributed by atoms with van der Waals surface area (Å²) in [5.74, 6) is -1.04. The molecule has 7 heteroatoms. The quantitative estimate of drug-likeness (QED) is 0.903. The number of alkyl halides is 3. The Morgan fingerprint density at radius 3 is 2.57 bits per heavy atom. The van der Waals surface area contributed by atoms with Gasteiger partial charge in [0.2, 0.25) is 0 Å². The van der Waals surface area contributed by atoms with Gasteiger partial charge in [0.15, 0.2) is 5.69 Å². The van der Waals surface area contributed by atoms with Crippen LogP contribution < -0.4 is 5.32 Å². The molecule has 0 fully saturated rings. The van der Waals surface area contributed by atoms with E-state index < -0.39 is 17.7 Å². The molecule has 0 aliphatic carbocycles. The zero-order valence-corrected chi connectivity index (χ0v) is 10.9. The van der Waals surface area contributed by atoms with Crippen LogP contribution in [0.3, 0.4) is 0 Å². The second kappa shape index (κ2) is 5.43. The first-order chi connectivity index (χ1) is 9.77. The average molecular weight is 296 g/mol. The van der Waals surface area contributed by atoms with E-state index in [1.54, 1.807) is 6.92 Å². The zero-order chi connectivity index (χ0) is 15.6. The number of carboxylic acids is 1. The first kappa shape index (κ1) is 14.8. The summed E-state index contributed by atoms with van der Waals surface area (Å²) >= 11 is 0. The summed E-state index contributed by atoms with van der Waals surface area (Å²) in [6.45, 7) is 1.64. The number of rotatable bonds is 3. The topological polar surface area (TPSA) is 62.2 Å². The van der Waals surface area contributed by atoms with E-state index in [0.29, 0.717) is 5.56 Å². The molecule has 0 saturated carbocycles. The van der Waals surface area contributed by atoms with E-state index in [9.17, 15) is 18.0 Å². The summed E-state index contributed by atoms with van der Waals surface area (Å²) < 4.78 is 38.1. The van der Waals surface area contributed by atoms with Crippen LogP contribution in [0.15, 0.2) is 36.4 Å². The van der Waals surface area contributed by atoms with Crippen LogP contribution in [0.25, 0.3) is 0 Å². The molecule has 0 unspecified atom stereocenters. The number of anilines is 2. The lowest BCUT2D eigenvalue weighted by atomic mass is 10.1. The van der Waals surface area contributed by atoms with Crippen LogP contribution in [0.1, 0.15) is 21.6 Å². The Morgan fingerprint density at radius 2 is 1.95 bits per heavy atom. The second-order valence-electron chi connectivity index (χ2n) is 4.37. The molecule has 2 rings (SSSR count). The van der Waals surface area contributed by atoms with Crippen LogP contribution in [0.4, 0.5) is 24.7 Å². The fraction of sp³-hybridized carbons (Fsp3) is 0.143. The van der Waals surface area contributed by atoms with Crippen LogP contribution in [0.2, 0.25) is 0 Å². The van der Waals surface area contributed by atoms with E-state index in [0.717, 1.165) is 12.1 Å². The minimum atomic E-state index is -4.44. The number of carbonyl (C=O) groups is 1. The van der Waals surface area contributed by atoms with Gasteiger partial charge in [0, 0.05) is 5.69 Å². The predicted octanol–water partition coefficient (Wildman–Crippen LogP) is 3.85. The van der Waals surface area contributed by atoms with E-state index in [2.05, 4.69) is 10.3 Å². The Kier molecular flexibility index (Phi) is 3.84. The van der Waals surface area contributed by atoms with Gasteiger partial charge in [-0.1, -0.05) is 12.1 Å². The summed E-state index contributed by atoms with van der Waals surface area (Å²) in [6.07, 6.45) is -4.44. The molecule has 0 aliphatic heterocycles. The van der Waals surface area contributed by atoms with Crippen molar-refractivity contribution >= 4 is 17.5 Å². The molecule has 21 heavy (non-hydrogen) atoms. The van der Waals surface area contributed by atoms with Gasteiger partial charge in [-0.15, -0.1) is 0 Å². The molecule has 0 bridgehead atoms. The number of aromatic carboxylic acids is 1. The fourth-order valence-electron chi connectivity index (χ4n) is 1.69. The lowest BCUT2D eigenvalue weighted by Crippen LogP contribution is -2.07. The van der Waals surface area contributed by atoms with Crippen molar-refractivity contribution in [3.8, 4) is 0 Å².